The van der Waals surface area contributed by atoms with Gasteiger partial charge in [-0.1, -0.05) is 23.7 Å². The molecule has 154 valence electrons. The minimum Gasteiger partial charge on any atom is -0.349 e. The molecule has 0 bridgehead atoms. The second-order valence-electron chi connectivity index (χ2n) is 7.56. The van der Waals surface area contributed by atoms with Crippen molar-refractivity contribution in [2.45, 2.75) is 37.5 Å². The van der Waals surface area contributed by atoms with E-state index in [1.165, 1.54) is 11.6 Å². The van der Waals surface area contributed by atoms with Gasteiger partial charge in [-0.2, -0.15) is 0 Å². The Labute approximate surface area is 173 Å². The third-order valence-electron chi connectivity index (χ3n) is 5.64. The van der Waals surface area contributed by atoms with Gasteiger partial charge in [0.25, 0.3) is 5.91 Å². The van der Waals surface area contributed by atoms with Gasteiger partial charge in [0, 0.05) is 35.8 Å². The van der Waals surface area contributed by atoms with Crippen LogP contribution in [0.15, 0.2) is 42.5 Å². The standard InChI is InChI=1S/C21H23ClF2N4O/c22-15-4-1-13(2-5-15)19-12-20(27-26-19)28-9-7-16(8-10-28)25-21(29)14-3-6-17(23)18(24)11-14/h1-6,11,16,19-20,26-27H,7-10,12H2,(H,25,29). The highest BCUT2D eigenvalue weighted by Crippen LogP contribution is 2.26. The van der Waals surface area contributed by atoms with Crippen molar-refractivity contribution in [3.8, 4) is 0 Å². The van der Waals surface area contributed by atoms with Crippen LogP contribution < -0.4 is 16.2 Å². The SMILES string of the molecule is O=C(NC1CCN(C2CC(c3ccc(Cl)cc3)NN2)CC1)c1ccc(F)c(F)c1. The van der Waals surface area contributed by atoms with Gasteiger partial charge in [0.05, 0.1) is 6.17 Å². The third-order valence-corrected chi connectivity index (χ3v) is 5.89. The maximum Gasteiger partial charge on any atom is 0.251 e. The van der Waals surface area contributed by atoms with Crippen LogP contribution in [0, 0.1) is 11.6 Å². The number of likely N-dealkylation sites (tertiary alicyclic amines) is 1. The van der Waals surface area contributed by atoms with Crippen molar-refractivity contribution in [1.82, 2.24) is 21.1 Å². The van der Waals surface area contributed by atoms with E-state index < -0.39 is 11.6 Å². The molecule has 1 amide bonds. The van der Waals surface area contributed by atoms with E-state index in [4.69, 9.17) is 11.6 Å². The molecule has 2 aliphatic rings. The van der Waals surface area contributed by atoms with E-state index in [0.717, 1.165) is 49.5 Å². The Balaban J connectivity index is 1.27. The van der Waals surface area contributed by atoms with E-state index in [1.54, 1.807) is 0 Å². The van der Waals surface area contributed by atoms with E-state index in [1.807, 2.05) is 24.3 Å². The Hall–Kier alpha value is -2.06. The first kappa shape index (κ1) is 20.2. The minimum absolute atomic E-state index is 0.0216. The van der Waals surface area contributed by atoms with Gasteiger partial charge in [0.1, 0.15) is 0 Å². The first-order chi connectivity index (χ1) is 14.0. The summed E-state index contributed by atoms with van der Waals surface area (Å²) >= 11 is 5.96. The zero-order valence-corrected chi connectivity index (χ0v) is 16.6. The molecule has 2 unspecified atom stereocenters. The topological polar surface area (TPSA) is 56.4 Å². The van der Waals surface area contributed by atoms with Gasteiger partial charge < -0.3 is 5.32 Å². The van der Waals surface area contributed by atoms with Gasteiger partial charge >= 0.3 is 0 Å². The highest BCUT2D eigenvalue weighted by atomic mass is 35.5. The number of nitrogens with one attached hydrogen (secondary N) is 3. The predicted molar refractivity (Wildman–Crippen MR) is 107 cm³/mol. The molecular weight excluding hydrogens is 398 g/mol. The molecule has 5 nitrogen and oxygen atoms in total. The molecule has 2 aromatic rings. The minimum atomic E-state index is -1.01. The van der Waals surface area contributed by atoms with E-state index in [-0.39, 0.29) is 29.7 Å². The fourth-order valence-corrected chi connectivity index (χ4v) is 4.08. The van der Waals surface area contributed by atoms with E-state index in [2.05, 4.69) is 21.1 Å². The lowest BCUT2D eigenvalue weighted by atomic mass is 10.0. The van der Waals surface area contributed by atoms with Gasteiger partial charge in [-0.15, -0.1) is 0 Å². The number of piperidine rings is 1. The molecule has 2 atom stereocenters. The quantitative estimate of drug-likeness (QED) is 0.709. The van der Waals surface area contributed by atoms with E-state index >= 15 is 0 Å². The highest BCUT2D eigenvalue weighted by Gasteiger charge is 2.32. The number of hydrazine groups is 1. The Kier molecular flexibility index (Phi) is 6.10. The lowest BCUT2D eigenvalue weighted by molar-refractivity contribution is 0.0879. The van der Waals surface area contributed by atoms with Crippen molar-refractivity contribution >= 4 is 17.5 Å². The van der Waals surface area contributed by atoms with Gasteiger partial charge in [-0.05, 0) is 55.2 Å². The summed E-state index contributed by atoms with van der Waals surface area (Å²) in [6, 6.07) is 11.3. The van der Waals surface area contributed by atoms with Crippen LogP contribution >= 0.6 is 11.6 Å². The Morgan fingerprint density at radius 3 is 2.45 bits per heavy atom. The molecular formula is C21H23ClF2N4O. The maximum absolute atomic E-state index is 13.3. The molecule has 0 saturated carbocycles. The summed E-state index contributed by atoms with van der Waals surface area (Å²) in [7, 11) is 0. The molecule has 2 heterocycles. The fourth-order valence-electron chi connectivity index (χ4n) is 3.95. The summed E-state index contributed by atoms with van der Waals surface area (Å²) in [6.07, 6.45) is 2.77. The molecule has 29 heavy (non-hydrogen) atoms. The summed E-state index contributed by atoms with van der Waals surface area (Å²) in [4.78, 5) is 14.7. The number of hydrogen-bond acceptors (Lipinski definition) is 4. The zero-order chi connectivity index (χ0) is 20.4. The molecule has 2 aliphatic heterocycles. The van der Waals surface area contributed by atoms with Crippen LogP contribution in [0.5, 0.6) is 0 Å². The van der Waals surface area contributed by atoms with Crippen LogP contribution in [0.25, 0.3) is 0 Å². The molecule has 0 aliphatic carbocycles. The lowest BCUT2D eigenvalue weighted by Crippen LogP contribution is -2.51. The molecule has 3 N–H and O–H groups in total. The van der Waals surface area contributed by atoms with E-state index in [0.29, 0.717) is 0 Å². The number of amides is 1. The molecule has 4 rings (SSSR count). The average Bonchev–Trinajstić information content (AvgIpc) is 3.21. The normalized spacial score (nSPS) is 23.3. The summed E-state index contributed by atoms with van der Waals surface area (Å²) in [5.41, 5.74) is 8.04. The van der Waals surface area contributed by atoms with Crippen LogP contribution in [-0.2, 0) is 0 Å². The van der Waals surface area contributed by atoms with Crippen molar-refractivity contribution in [2.24, 2.45) is 0 Å². The van der Waals surface area contributed by atoms with Crippen molar-refractivity contribution in [3.05, 3.63) is 70.2 Å². The van der Waals surface area contributed by atoms with Crippen LogP contribution in [0.3, 0.4) is 0 Å². The van der Waals surface area contributed by atoms with Gasteiger partial charge in [0.15, 0.2) is 11.6 Å². The molecule has 8 heteroatoms. The Morgan fingerprint density at radius 2 is 1.76 bits per heavy atom. The summed E-state index contributed by atoms with van der Waals surface area (Å²) in [6.45, 7) is 1.69. The smallest absolute Gasteiger partial charge is 0.251 e. The first-order valence-electron chi connectivity index (χ1n) is 9.76. The zero-order valence-electron chi connectivity index (χ0n) is 15.8. The number of carbonyl (C=O) groups excluding carboxylic acids is 1. The third kappa shape index (κ3) is 4.75. The van der Waals surface area contributed by atoms with Crippen molar-refractivity contribution in [2.75, 3.05) is 13.1 Å². The summed E-state index contributed by atoms with van der Waals surface area (Å²) < 4.78 is 26.4. The predicted octanol–water partition coefficient (Wildman–Crippen LogP) is 3.38. The van der Waals surface area contributed by atoms with Crippen LogP contribution in [-0.4, -0.2) is 36.1 Å². The second kappa shape index (κ2) is 8.75. The number of benzene rings is 2. The van der Waals surface area contributed by atoms with Gasteiger partial charge in [-0.25, -0.2) is 19.6 Å². The van der Waals surface area contributed by atoms with Crippen molar-refractivity contribution in [3.63, 3.8) is 0 Å². The first-order valence-corrected chi connectivity index (χ1v) is 10.1. The molecule has 0 radical (unpaired) electrons. The van der Waals surface area contributed by atoms with Gasteiger partial charge in [0.2, 0.25) is 0 Å². The number of hydrogen-bond donors (Lipinski definition) is 3. The monoisotopic (exact) mass is 420 g/mol. The number of carbonyl (C=O) groups is 1. The van der Waals surface area contributed by atoms with Crippen molar-refractivity contribution in [1.29, 1.82) is 0 Å². The number of rotatable bonds is 4. The molecule has 0 spiro atoms. The average molecular weight is 421 g/mol. The molecule has 0 aromatic heterocycles. The van der Waals surface area contributed by atoms with Gasteiger partial charge in [-0.3, -0.25) is 9.69 Å². The number of nitrogens with zero attached hydrogens (tertiary/aromatic N) is 1. The molecule has 2 fully saturated rings. The van der Waals surface area contributed by atoms with E-state index in [9.17, 15) is 13.6 Å². The summed E-state index contributed by atoms with van der Waals surface area (Å²) in [5.74, 6) is -2.34. The van der Waals surface area contributed by atoms with Crippen LogP contribution in [0.1, 0.15) is 41.2 Å². The summed E-state index contributed by atoms with van der Waals surface area (Å²) in [5, 5.41) is 3.66. The largest absolute Gasteiger partial charge is 0.349 e. The Bertz CT molecular complexity index is 871. The Morgan fingerprint density at radius 1 is 1.03 bits per heavy atom. The maximum atomic E-state index is 13.3. The molecule has 2 saturated heterocycles. The number of halogens is 3. The molecule has 2 aromatic carbocycles. The fraction of sp³-hybridized carbons (Fsp3) is 0.381. The van der Waals surface area contributed by atoms with Crippen LogP contribution in [0.2, 0.25) is 5.02 Å². The highest BCUT2D eigenvalue weighted by molar-refractivity contribution is 6.30. The van der Waals surface area contributed by atoms with Crippen molar-refractivity contribution < 1.29 is 13.6 Å². The lowest BCUT2D eigenvalue weighted by Gasteiger charge is -2.35. The van der Waals surface area contributed by atoms with Crippen LogP contribution in [0.4, 0.5) is 8.78 Å². The second-order valence-corrected chi connectivity index (χ2v) is 7.99.